The van der Waals surface area contributed by atoms with Crippen LogP contribution >= 0.6 is 0 Å². The van der Waals surface area contributed by atoms with Gasteiger partial charge in [0.1, 0.15) is 17.9 Å². The number of fused-ring (bicyclic) bond motifs is 1. The molecule has 1 heterocycles. The lowest BCUT2D eigenvalue weighted by Gasteiger charge is -2.08. The lowest BCUT2D eigenvalue weighted by atomic mass is 10.2. The van der Waals surface area contributed by atoms with Crippen molar-refractivity contribution in [3.8, 4) is 5.75 Å². The molecule has 2 rings (SSSR count). The molecule has 0 unspecified atom stereocenters. The predicted molar refractivity (Wildman–Crippen MR) is 60.7 cm³/mol. The van der Waals surface area contributed by atoms with E-state index in [1.165, 1.54) is 0 Å². The van der Waals surface area contributed by atoms with E-state index in [1.54, 1.807) is 6.20 Å². The number of aromatic nitrogens is 1. The molecule has 0 saturated carbocycles. The number of nitrogen functional groups attached to an aromatic ring is 1. The summed E-state index contributed by atoms with van der Waals surface area (Å²) in [5, 5.41) is 0.909. The van der Waals surface area contributed by atoms with Gasteiger partial charge in [-0.25, -0.2) is 0 Å². The molecule has 4 nitrogen and oxygen atoms in total. The zero-order valence-electron chi connectivity index (χ0n) is 8.31. The Bertz CT molecular complexity index is 470. The number of hydrogen-bond donors (Lipinski definition) is 2. The van der Waals surface area contributed by atoms with Gasteiger partial charge in [0.15, 0.2) is 0 Å². The van der Waals surface area contributed by atoms with Crippen LogP contribution in [-0.4, -0.2) is 18.1 Å². The van der Waals surface area contributed by atoms with Crippen molar-refractivity contribution < 1.29 is 4.74 Å². The third-order valence-electron chi connectivity index (χ3n) is 2.14. The van der Waals surface area contributed by atoms with E-state index in [0.29, 0.717) is 18.8 Å². The average molecular weight is 203 g/mol. The first-order valence-corrected chi connectivity index (χ1v) is 4.79. The van der Waals surface area contributed by atoms with E-state index in [9.17, 15) is 0 Å². The lowest BCUT2D eigenvalue weighted by molar-refractivity contribution is 0.331. The van der Waals surface area contributed by atoms with E-state index >= 15 is 0 Å². The van der Waals surface area contributed by atoms with Crippen LogP contribution in [0.25, 0.3) is 10.9 Å². The van der Waals surface area contributed by atoms with Crippen LogP contribution in [0.1, 0.15) is 0 Å². The number of pyridine rings is 1. The Morgan fingerprint density at radius 3 is 2.93 bits per heavy atom. The molecule has 15 heavy (non-hydrogen) atoms. The van der Waals surface area contributed by atoms with Gasteiger partial charge in [-0.3, -0.25) is 4.98 Å². The van der Waals surface area contributed by atoms with Gasteiger partial charge in [-0.15, -0.1) is 0 Å². The molecular weight excluding hydrogens is 190 g/mol. The molecule has 0 saturated heterocycles. The molecule has 0 atom stereocenters. The fraction of sp³-hybridized carbons (Fsp3) is 0.182. The fourth-order valence-corrected chi connectivity index (χ4v) is 1.45. The lowest BCUT2D eigenvalue weighted by Crippen LogP contribution is -2.11. The molecular formula is C11H13N3O. The Hall–Kier alpha value is -1.81. The molecule has 0 radical (unpaired) electrons. The van der Waals surface area contributed by atoms with Gasteiger partial charge in [0.05, 0.1) is 0 Å². The van der Waals surface area contributed by atoms with Crippen LogP contribution in [0.4, 0.5) is 5.69 Å². The van der Waals surface area contributed by atoms with Crippen molar-refractivity contribution in [2.45, 2.75) is 0 Å². The Labute approximate surface area is 87.9 Å². The maximum absolute atomic E-state index is 5.83. The summed E-state index contributed by atoms with van der Waals surface area (Å²) in [6.07, 6.45) is 1.72. The molecule has 0 bridgehead atoms. The monoisotopic (exact) mass is 203 g/mol. The van der Waals surface area contributed by atoms with Crippen LogP contribution < -0.4 is 16.2 Å². The molecule has 0 fully saturated rings. The molecule has 78 valence electrons. The number of ether oxygens (including phenoxy) is 1. The number of nitrogens with zero attached hydrogens (tertiary/aromatic N) is 1. The maximum atomic E-state index is 5.83. The van der Waals surface area contributed by atoms with Crippen LogP contribution in [0.15, 0.2) is 30.5 Å². The van der Waals surface area contributed by atoms with Crippen molar-refractivity contribution in [2.75, 3.05) is 18.9 Å². The van der Waals surface area contributed by atoms with Crippen LogP contribution in [0, 0.1) is 0 Å². The normalized spacial score (nSPS) is 10.5. The quantitative estimate of drug-likeness (QED) is 0.734. The van der Waals surface area contributed by atoms with E-state index in [4.69, 9.17) is 16.2 Å². The van der Waals surface area contributed by atoms with E-state index in [-0.39, 0.29) is 0 Å². The second kappa shape index (κ2) is 4.14. The topological polar surface area (TPSA) is 74.2 Å². The van der Waals surface area contributed by atoms with Gasteiger partial charge in [0, 0.05) is 23.8 Å². The second-order valence-electron chi connectivity index (χ2n) is 3.19. The SMILES string of the molecule is NCCOc1ccc(N)c2cccnc12. The standard InChI is InChI=1S/C11H13N3O/c12-5-7-15-10-4-3-9(13)8-2-1-6-14-11(8)10/h1-4,6H,5,7,12-13H2. The summed E-state index contributed by atoms with van der Waals surface area (Å²) in [4.78, 5) is 4.25. The van der Waals surface area contributed by atoms with Crippen LogP contribution in [0.2, 0.25) is 0 Å². The van der Waals surface area contributed by atoms with Crippen molar-refractivity contribution in [2.24, 2.45) is 5.73 Å². The van der Waals surface area contributed by atoms with Crippen LogP contribution in [-0.2, 0) is 0 Å². The highest BCUT2D eigenvalue weighted by molar-refractivity contribution is 5.94. The molecule has 0 aliphatic rings. The molecule has 0 aliphatic heterocycles. The van der Waals surface area contributed by atoms with Crippen molar-refractivity contribution in [3.63, 3.8) is 0 Å². The molecule has 4 heteroatoms. The minimum atomic E-state index is 0.482. The van der Waals surface area contributed by atoms with Crippen molar-refractivity contribution >= 4 is 16.6 Å². The molecule has 0 spiro atoms. The summed E-state index contributed by atoms with van der Waals surface area (Å²) in [5.41, 5.74) is 12.7. The zero-order chi connectivity index (χ0) is 10.7. The van der Waals surface area contributed by atoms with Gasteiger partial charge in [0.25, 0.3) is 0 Å². The number of hydrogen-bond acceptors (Lipinski definition) is 4. The Balaban J connectivity index is 2.51. The Morgan fingerprint density at radius 2 is 2.13 bits per heavy atom. The van der Waals surface area contributed by atoms with Crippen LogP contribution in [0.5, 0.6) is 5.75 Å². The molecule has 2 aromatic rings. The summed E-state index contributed by atoms with van der Waals surface area (Å²) in [6.45, 7) is 0.967. The summed E-state index contributed by atoms with van der Waals surface area (Å²) in [7, 11) is 0. The maximum Gasteiger partial charge on any atom is 0.145 e. The van der Waals surface area contributed by atoms with E-state index in [1.807, 2.05) is 24.3 Å². The number of nitrogens with two attached hydrogens (primary N) is 2. The first-order chi connectivity index (χ1) is 7.33. The smallest absolute Gasteiger partial charge is 0.145 e. The first kappa shape index (κ1) is 9.73. The number of rotatable bonds is 3. The highest BCUT2D eigenvalue weighted by atomic mass is 16.5. The fourth-order valence-electron chi connectivity index (χ4n) is 1.45. The number of anilines is 1. The van der Waals surface area contributed by atoms with Gasteiger partial charge in [0.2, 0.25) is 0 Å². The third kappa shape index (κ3) is 1.85. The van der Waals surface area contributed by atoms with Crippen molar-refractivity contribution in [1.82, 2.24) is 4.98 Å². The summed E-state index contributed by atoms with van der Waals surface area (Å²) in [5.74, 6) is 0.727. The van der Waals surface area contributed by atoms with Crippen molar-refractivity contribution in [1.29, 1.82) is 0 Å². The zero-order valence-corrected chi connectivity index (χ0v) is 8.31. The van der Waals surface area contributed by atoms with Gasteiger partial charge >= 0.3 is 0 Å². The second-order valence-corrected chi connectivity index (χ2v) is 3.19. The largest absolute Gasteiger partial charge is 0.490 e. The molecule has 4 N–H and O–H groups in total. The first-order valence-electron chi connectivity index (χ1n) is 4.79. The minimum absolute atomic E-state index is 0.482. The third-order valence-corrected chi connectivity index (χ3v) is 2.14. The molecule has 1 aromatic carbocycles. The summed E-state index contributed by atoms with van der Waals surface area (Å²) < 4.78 is 5.48. The van der Waals surface area contributed by atoms with Crippen LogP contribution in [0.3, 0.4) is 0 Å². The Kier molecular flexibility index (Phi) is 2.69. The minimum Gasteiger partial charge on any atom is -0.490 e. The summed E-state index contributed by atoms with van der Waals surface area (Å²) in [6, 6.07) is 7.41. The van der Waals surface area contributed by atoms with Gasteiger partial charge < -0.3 is 16.2 Å². The Morgan fingerprint density at radius 1 is 1.27 bits per heavy atom. The van der Waals surface area contributed by atoms with Gasteiger partial charge in [-0.05, 0) is 24.3 Å². The molecule has 0 amide bonds. The number of benzene rings is 1. The van der Waals surface area contributed by atoms with E-state index in [0.717, 1.165) is 16.7 Å². The average Bonchev–Trinajstić information content (AvgIpc) is 2.29. The molecule has 0 aliphatic carbocycles. The van der Waals surface area contributed by atoms with E-state index in [2.05, 4.69) is 4.98 Å². The van der Waals surface area contributed by atoms with Gasteiger partial charge in [-0.1, -0.05) is 0 Å². The van der Waals surface area contributed by atoms with Crippen molar-refractivity contribution in [3.05, 3.63) is 30.5 Å². The summed E-state index contributed by atoms with van der Waals surface area (Å²) >= 11 is 0. The van der Waals surface area contributed by atoms with E-state index < -0.39 is 0 Å². The highest BCUT2D eigenvalue weighted by Gasteiger charge is 2.05. The predicted octanol–water partition coefficient (Wildman–Crippen LogP) is 1.15. The van der Waals surface area contributed by atoms with Gasteiger partial charge in [-0.2, -0.15) is 0 Å². The molecule has 1 aromatic heterocycles. The highest BCUT2D eigenvalue weighted by Crippen LogP contribution is 2.27.